The van der Waals surface area contributed by atoms with E-state index in [4.69, 9.17) is 0 Å². The molecule has 4 rings (SSSR count). The van der Waals surface area contributed by atoms with Crippen LogP contribution in [-0.4, -0.2) is 36.2 Å². The van der Waals surface area contributed by atoms with Gasteiger partial charge < -0.3 is 4.98 Å². The first kappa shape index (κ1) is 16.4. The first-order chi connectivity index (χ1) is 12.7. The molecule has 7 heteroatoms. The SMILES string of the molecule is C=Cn1ncc(CN2CCc3nc(-c4ccccn4)[nH]c(=O)c3C2)c1C. The van der Waals surface area contributed by atoms with E-state index in [1.165, 1.54) is 0 Å². The second-order valence-corrected chi connectivity index (χ2v) is 6.40. The van der Waals surface area contributed by atoms with Crippen LogP contribution < -0.4 is 5.56 Å². The van der Waals surface area contributed by atoms with Crippen LogP contribution in [0.4, 0.5) is 0 Å². The summed E-state index contributed by atoms with van der Waals surface area (Å²) in [5.41, 5.74) is 4.42. The van der Waals surface area contributed by atoms with Crippen LogP contribution in [0, 0.1) is 6.92 Å². The fourth-order valence-corrected chi connectivity index (χ4v) is 3.28. The van der Waals surface area contributed by atoms with Gasteiger partial charge in [-0.05, 0) is 19.1 Å². The van der Waals surface area contributed by atoms with Gasteiger partial charge in [-0.15, -0.1) is 0 Å². The predicted octanol–water partition coefficient (Wildman–Crippen LogP) is 2.00. The molecule has 0 spiro atoms. The highest BCUT2D eigenvalue weighted by Crippen LogP contribution is 2.20. The molecule has 0 aromatic carbocycles. The van der Waals surface area contributed by atoms with Gasteiger partial charge >= 0.3 is 0 Å². The van der Waals surface area contributed by atoms with Crippen molar-refractivity contribution in [1.29, 1.82) is 0 Å². The summed E-state index contributed by atoms with van der Waals surface area (Å²) in [5, 5.41) is 4.29. The van der Waals surface area contributed by atoms with Crippen molar-refractivity contribution in [1.82, 2.24) is 29.6 Å². The molecule has 1 N–H and O–H groups in total. The fourth-order valence-electron chi connectivity index (χ4n) is 3.28. The summed E-state index contributed by atoms with van der Waals surface area (Å²) in [6.07, 6.45) is 5.99. The van der Waals surface area contributed by atoms with Gasteiger partial charge in [0.05, 0.1) is 17.5 Å². The molecule has 0 saturated heterocycles. The van der Waals surface area contributed by atoms with Gasteiger partial charge in [0, 0.05) is 49.7 Å². The average molecular weight is 348 g/mol. The number of H-pyrrole nitrogens is 1. The van der Waals surface area contributed by atoms with Gasteiger partial charge in [-0.25, -0.2) is 9.67 Å². The number of hydrogen-bond acceptors (Lipinski definition) is 5. The van der Waals surface area contributed by atoms with Crippen LogP contribution in [-0.2, 0) is 19.5 Å². The summed E-state index contributed by atoms with van der Waals surface area (Å²) in [6.45, 7) is 7.96. The summed E-state index contributed by atoms with van der Waals surface area (Å²) >= 11 is 0. The molecule has 132 valence electrons. The van der Waals surface area contributed by atoms with Crippen molar-refractivity contribution in [2.45, 2.75) is 26.4 Å². The lowest BCUT2D eigenvalue weighted by Crippen LogP contribution is -2.35. The van der Waals surface area contributed by atoms with Crippen molar-refractivity contribution in [3.8, 4) is 11.5 Å². The first-order valence-corrected chi connectivity index (χ1v) is 8.57. The van der Waals surface area contributed by atoms with Crippen LogP contribution in [0.5, 0.6) is 0 Å². The van der Waals surface area contributed by atoms with Crippen molar-refractivity contribution in [3.63, 3.8) is 0 Å². The maximum Gasteiger partial charge on any atom is 0.255 e. The minimum Gasteiger partial charge on any atom is -0.305 e. The first-order valence-electron chi connectivity index (χ1n) is 8.57. The van der Waals surface area contributed by atoms with E-state index < -0.39 is 0 Å². The molecule has 4 heterocycles. The Bertz CT molecular complexity index is 1000. The van der Waals surface area contributed by atoms with Crippen molar-refractivity contribution in [3.05, 3.63) is 70.0 Å². The topological polar surface area (TPSA) is 79.7 Å². The molecule has 26 heavy (non-hydrogen) atoms. The molecule has 0 unspecified atom stereocenters. The Kier molecular flexibility index (Phi) is 4.22. The Morgan fingerprint density at radius 1 is 1.38 bits per heavy atom. The monoisotopic (exact) mass is 348 g/mol. The number of rotatable bonds is 4. The van der Waals surface area contributed by atoms with Gasteiger partial charge in [0.1, 0.15) is 5.69 Å². The van der Waals surface area contributed by atoms with E-state index in [1.54, 1.807) is 17.1 Å². The van der Waals surface area contributed by atoms with E-state index in [0.717, 1.165) is 42.0 Å². The normalized spacial score (nSPS) is 14.2. The minimum atomic E-state index is -0.0844. The van der Waals surface area contributed by atoms with E-state index in [2.05, 4.69) is 31.5 Å². The number of aromatic amines is 1. The number of nitrogens with one attached hydrogen (secondary N) is 1. The lowest BCUT2D eigenvalue weighted by atomic mass is 10.1. The Morgan fingerprint density at radius 3 is 3.00 bits per heavy atom. The highest BCUT2D eigenvalue weighted by Gasteiger charge is 2.22. The van der Waals surface area contributed by atoms with E-state index in [0.29, 0.717) is 18.1 Å². The van der Waals surface area contributed by atoms with Gasteiger partial charge in [0.15, 0.2) is 5.82 Å². The van der Waals surface area contributed by atoms with Crippen LogP contribution in [0.25, 0.3) is 17.7 Å². The minimum absolute atomic E-state index is 0.0844. The second kappa shape index (κ2) is 6.68. The fraction of sp³-hybridized carbons (Fsp3) is 0.263. The molecule has 0 fully saturated rings. The number of nitrogens with zero attached hydrogens (tertiary/aromatic N) is 5. The van der Waals surface area contributed by atoms with E-state index >= 15 is 0 Å². The van der Waals surface area contributed by atoms with Gasteiger partial charge in [-0.1, -0.05) is 12.6 Å². The maximum absolute atomic E-state index is 12.6. The quantitative estimate of drug-likeness (QED) is 0.780. The van der Waals surface area contributed by atoms with Crippen molar-refractivity contribution < 1.29 is 0 Å². The molecule has 0 bridgehead atoms. The summed E-state index contributed by atoms with van der Waals surface area (Å²) in [4.78, 5) is 26.6. The molecule has 7 nitrogen and oxygen atoms in total. The second-order valence-electron chi connectivity index (χ2n) is 6.40. The van der Waals surface area contributed by atoms with Crippen LogP contribution in [0.1, 0.15) is 22.5 Å². The smallest absolute Gasteiger partial charge is 0.255 e. The lowest BCUT2D eigenvalue weighted by molar-refractivity contribution is 0.241. The van der Waals surface area contributed by atoms with Crippen molar-refractivity contribution >= 4 is 6.20 Å². The molecule has 3 aromatic rings. The third-order valence-electron chi connectivity index (χ3n) is 4.77. The standard InChI is InChI=1S/C19H20N6O/c1-3-25-13(2)14(10-21-25)11-24-9-7-16-15(12-24)19(26)23-18(22-16)17-6-4-5-8-20-17/h3-6,8,10H,1,7,9,11-12H2,2H3,(H,22,23,26). The third-order valence-corrected chi connectivity index (χ3v) is 4.77. The molecule has 0 amide bonds. The van der Waals surface area contributed by atoms with Crippen LogP contribution in [0.15, 0.2) is 42.0 Å². The summed E-state index contributed by atoms with van der Waals surface area (Å²) in [5.74, 6) is 0.533. The highest BCUT2D eigenvalue weighted by molar-refractivity contribution is 5.49. The van der Waals surface area contributed by atoms with E-state index in [-0.39, 0.29) is 5.56 Å². The van der Waals surface area contributed by atoms with E-state index in [9.17, 15) is 4.79 Å². The highest BCUT2D eigenvalue weighted by atomic mass is 16.1. The number of fused-ring (bicyclic) bond motifs is 1. The van der Waals surface area contributed by atoms with Gasteiger partial charge in [0.2, 0.25) is 0 Å². The lowest BCUT2D eigenvalue weighted by Gasteiger charge is -2.27. The zero-order valence-corrected chi connectivity index (χ0v) is 14.6. The van der Waals surface area contributed by atoms with Gasteiger partial charge in [-0.2, -0.15) is 5.10 Å². The Balaban J connectivity index is 1.58. The van der Waals surface area contributed by atoms with Gasteiger partial charge in [0.25, 0.3) is 5.56 Å². The average Bonchev–Trinajstić information content (AvgIpc) is 3.02. The zero-order valence-electron chi connectivity index (χ0n) is 14.6. The summed E-state index contributed by atoms with van der Waals surface area (Å²) < 4.78 is 1.76. The zero-order chi connectivity index (χ0) is 18.1. The number of hydrogen-bond donors (Lipinski definition) is 1. The van der Waals surface area contributed by atoms with Crippen molar-refractivity contribution in [2.24, 2.45) is 0 Å². The molecule has 1 aliphatic heterocycles. The van der Waals surface area contributed by atoms with Crippen molar-refractivity contribution in [2.75, 3.05) is 6.54 Å². The van der Waals surface area contributed by atoms with Gasteiger partial charge in [-0.3, -0.25) is 14.7 Å². The molecule has 3 aromatic heterocycles. The molecular formula is C19H20N6O. The largest absolute Gasteiger partial charge is 0.305 e. The van der Waals surface area contributed by atoms with E-state index in [1.807, 2.05) is 31.3 Å². The molecular weight excluding hydrogens is 328 g/mol. The molecule has 0 saturated carbocycles. The van der Waals surface area contributed by atoms with Crippen LogP contribution in [0.3, 0.4) is 0 Å². The Labute approximate surface area is 151 Å². The third kappa shape index (κ3) is 2.97. The molecule has 0 radical (unpaired) electrons. The molecule has 0 atom stereocenters. The number of aromatic nitrogens is 5. The Hall–Kier alpha value is -3.06. The maximum atomic E-state index is 12.6. The molecule has 0 aliphatic carbocycles. The Morgan fingerprint density at radius 2 is 2.27 bits per heavy atom. The number of pyridine rings is 1. The van der Waals surface area contributed by atoms with Crippen LogP contribution >= 0.6 is 0 Å². The summed E-state index contributed by atoms with van der Waals surface area (Å²) in [7, 11) is 0. The summed E-state index contributed by atoms with van der Waals surface area (Å²) in [6, 6.07) is 5.57. The predicted molar refractivity (Wildman–Crippen MR) is 99.3 cm³/mol. The van der Waals surface area contributed by atoms with Crippen LogP contribution in [0.2, 0.25) is 0 Å². The molecule has 1 aliphatic rings.